The number of anilines is 1. The maximum Gasteiger partial charge on any atom is 0.433 e. The molecule has 1 aliphatic rings. The van der Waals surface area contributed by atoms with Gasteiger partial charge in [-0.15, -0.1) is 0 Å². The molecule has 1 aliphatic carbocycles. The number of benzene rings is 1. The molecule has 0 saturated heterocycles. The van der Waals surface area contributed by atoms with Gasteiger partial charge in [-0.3, -0.25) is 4.98 Å². The summed E-state index contributed by atoms with van der Waals surface area (Å²) in [6.07, 6.45) is 2.37. The van der Waals surface area contributed by atoms with Crippen molar-refractivity contribution >= 4 is 5.69 Å². The Bertz CT molecular complexity index is 663. The van der Waals surface area contributed by atoms with Gasteiger partial charge in [0, 0.05) is 18.4 Å². The third kappa shape index (κ3) is 4.03. The van der Waals surface area contributed by atoms with Crippen molar-refractivity contribution in [3.05, 3.63) is 58.9 Å². The Balaban J connectivity index is 1.55. The summed E-state index contributed by atoms with van der Waals surface area (Å²) in [7, 11) is 0. The van der Waals surface area contributed by atoms with E-state index < -0.39 is 11.9 Å². The lowest BCUT2D eigenvalue weighted by Gasteiger charge is -2.17. The summed E-state index contributed by atoms with van der Waals surface area (Å²) in [6, 6.07) is 8.98. The molecule has 3 rings (SSSR count). The number of nitrogens with one attached hydrogen (secondary N) is 1. The molecule has 0 radical (unpaired) electrons. The Hall–Kier alpha value is -2.04. The zero-order valence-electron chi connectivity index (χ0n) is 12.8. The van der Waals surface area contributed by atoms with Gasteiger partial charge in [0.2, 0.25) is 0 Å². The molecule has 0 saturated carbocycles. The maximum absolute atomic E-state index is 12.5. The molecule has 122 valence electrons. The third-order valence-electron chi connectivity index (χ3n) is 4.21. The van der Waals surface area contributed by atoms with Crippen LogP contribution in [0.5, 0.6) is 0 Å². The summed E-state index contributed by atoms with van der Waals surface area (Å²) in [5, 5.41) is 3.34. The first-order chi connectivity index (χ1) is 11.0. The quantitative estimate of drug-likeness (QED) is 0.888. The molecule has 1 heterocycles. The fraction of sp³-hybridized carbons (Fsp3) is 0.389. The van der Waals surface area contributed by atoms with E-state index in [9.17, 15) is 13.2 Å². The Morgan fingerprint density at radius 1 is 1.00 bits per heavy atom. The minimum Gasteiger partial charge on any atom is -0.385 e. The van der Waals surface area contributed by atoms with E-state index in [-0.39, 0.29) is 0 Å². The number of fused-ring (bicyclic) bond motifs is 1. The Morgan fingerprint density at radius 3 is 2.48 bits per heavy atom. The average molecular weight is 320 g/mol. The van der Waals surface area contributed by atoms with E-state index in [1.807, 2.05) is 0 Å². The van der Waals surface area contributed by atoms with Crippen LogP contribution in [-0.4, -0.2) is 11.5 Å². The minimum absolute atomic E-state index is 0.641. The Kier molecular flexibility index (Phi) is 4.55. The highest BCUT2D eigenvalue weighted by atomic mass is 19.4. The van der Waals surface area contributed by atoms with E-state index in [0.717, 1.165) is 30.2 Å². The van der Waals surface area contributed by atoms with Gasteiger partial charge in [-0.05, 0) is 67.0 Å². The monoisotopic (exact) mass is 320 g/mol. The first-order valence-electron chi connectivity index (χ1n) is 7.90. The van der Waals surface area contributed by atoms with Crippen molar-refractivity contribution in [2.45, 2.75) is 38.3 Å². The van der Waals surface area contributed by atoms with Crippen molar-refractivity contribution < 1.29 is 13.2 Å². The molecule has 1 aromatic carbocycles. The lowest BCUT2D eigenvalue weighted by Crippen LogP contribution is -2.10. The Morgan fingerprint density at radius 2 is 1.78 bits per heavy atom. The molecule has 1 aromatic heterocycles. The van der Waals surface area contributed by atoms with E-state index in [0.29, 0.717) is 13.0 Å². The van der Waals surface area contributed by atoms with Gasteiger partial charge in [0.15, 0.2) is 0 Å². The number of halogens is 3. The van der Waals surface area contributed by atoms with Crippen molar-refractivity contribution in [3.8, 4) is 0 Å². The first-order valence-corrected chi connectivity index (χ1v) is 7.90. The smallest absolute Gasteiger partial charge is 0.385 e. The van der Waals surface area contributed by atoms with Crippen LogP contribution in [0.4, 0.5) is 18.9 Å². The van der Waals surface area contributed by atoms with Crippen LogP contribution in [-0.2, 0) is 25.4 Å². The molecule has 2 nitrogen and oxygen atoms in total. The molecular formula is C18H19F3N2. The average Bonchev–Trinajstić information content (AvgIpc) is 2.54. The van der Waals surface area contributed by atoms with E-state index >= 15 is 0 Å². The fourth-order valence-corrected chi connectivity index (χ4v) is 2.93. The van der Waals surface area contributed by atoms with Crippen LogP contribution in [0.25, 0.3) is 0 Å². The maximum atomic E-state index is 12.5. The number of hydrogen-bond acceptors (Lipinski definition) is 2. The van der Waals surface area contributed by atoms with Crippen molar-refractivity contribution in [1.29, 1.82) is 0 Å². The SMILES string of the molecule is FC(F)(F)c1ccc(CCNc2ccc3c(c2)CCCC3)cn1. The minimum atomic E-state index is -4.38. The number of pyridine rings is 1. The van der Waals surface area contributed by atoms with Crippen LogP contribution < -0.4 is 5.32 Å². The first kappa shape index (κ1) is 15.8. The zero-order valence-corrected chi connectivity index (χ0v) is 12.8. The second kappa shape index (κ2) is 6.60. The highest BCUT2D eigenvalue weighted by molar-refractivity contribution is 5.49. The van der Waals surface area contributed by atoms with Gasteiger partial charge in [-0.25, -0.2) is 0 Å². The van der Waals surface area contributed by atoms with Crippen molar-refractivity contribution in [3.63, 3.8) is 0 Å². The Labute approximate surface area is 133 Å². The van der Waals surface area contributed by atoms with Gasteiger partial charge in [0.1, 0.15) is 5.69 Å². The topological polar surface area (TPSA) is 24.9 Å². The van der Waals surface area contributed by atoms with Gasteiger partial charge < -0.3 is 5.32 Å². The summed E-state index contributed by atoms with van der Waals surface area (Å²) < 4.78 is 37.4. The standard InChI is InChI=1S/C18H19F3N2/c19-18(20,21)17-8-5-13(12-23-17)9-10-22-16-7-6-14-3-1-2-4-15(14)11-16/h5-8,11-12,22H,1-4,9-10H2. The molecule has 0 unspecified atom stereocenters. The van der Waals surface area contributed by atoms with Crippen LogP contribution in [0.15, 0.2) is 36.5 Å². The van der Waals surface area contributed by atoms with Gasteiger partial charge in [-0.1, -0.05) is 12.1 Å². The van der Waals surface area contributed by atoms with Gasteiger partial charge in [-0.2, -0.15) is 13.2 Å². The number of aryl methyl sites for hydroxylation is 2. The summed E-state index contributed by atoms with van der Waals surface area (Å²) in [5.74, 6) is 0. The second-order valence-corrected chi connectivity index (χ2v) is 5.92. The molecule has 0 bridgehead atoms. The number of aromatic nitrogens is 1. The van der Waals surface area contributed by atoms with Crippen LogP contribution in [0, 0.1) is 0 Å². The molecule has 0 spiro atoms. The second-order valence-electron chi connectivity index (χ2n) is 5.92. The van der Waals surface area contributed by atoms with Crippen molar-refractivity contribution in [2.24, 2.45) is 0 Å². The predicted molar refractivity (Wildman–Crippen MR) is 84.5 cm³/mol. The van der Waals surface area contributed by atoms with Crippen molar-refractivity contribution in [1.82, 2.24) is 4.98 Å². The molecule has 5 heteroatoms. The molecule has 0 atom stereocenters. The third-order valence-corrected chi connectivity index (χ3v) is 4.21. The molecule has 0 fully saturated rings. The fourth-order valence-electron chi connectivity index (χ4n) is 2.93. The summed E-state index contributed by atoms with van der Waals surface area (Å²) in [4.78, 5) is 3.48. The molecule has 0 aliphatic heterocycles. The summed E-state index contributed by atoms with van der Waals surface area (Å²) in [5.41, 5.74) is 3.88. The largest absolute Gasteiger partial charge is 0.433 e. The molecule has 2 aromatic rings. The van der Waals surface area contributed by atoms with Crippen LogP contribution in [0.3, 0.4) is 0 Å². The predicted octanol–water partition coefficient (Wildman–Crippen LogP) is 4.63. The summed E-state index contributed by atoms with van der Waals surface area (Å²) in [6.45, 7) is 0.672. The van der Waals surface area contributed by atoms with Gasteiger partial charge >= 0.3 is 6.18 Å². The lowest BCUT2D eigenvalue weighted by atomic mass is 9.91. The zero-order chi connectivity index (χ0) is 16.3. The molecule has 23 heavy (non-hydrogen) atoms. The van der Waals surface area contributed by atoms with E-state index in [2.05, 4.69) is 28.5 Å². The molecular weight excluding hydrogens is 301 g/mol. The van der Waals surface area contributed by atoms with Crippen LogP contribution in [0.1, 0.15) is 35.2 Å². The van der Waals surface area contributed by atoms with E-state index in [1.54, 1.807) is 0 Å². The number of rotatable bonds is 4. The van der Waals surface area contributed by atoms with E-state index in [1.165, 1.54) is 36.2 Å². The molecule has 0 amide bonds. The van der Waals surface area contributed by atoms with Gasteiger partial charge in [0.05, 0.1) is 0 Å². The lowest BCUT2D eigenvalue weighted by molar-refractivity contribution is -0.141. The van der Waals surface area contributed by atoms with E-state index in [4.69, 9.17) is 0 Å². The van der Waals surface area contributed by atoms with Crippen LogP contribution >= 0.6 is 0 Å². The van der Waals surface area contributed by atoms with Gasteiger partial charge in [0.25, 0.3) is 0 Å². The highest BCUT2D eigenvalue weighted by Gasteiger charge is 2.31. The van der Waals surface area contributed by atoms with Crippen LogP contribution in [0.2, 0.25) is 0 Å². The summed E-state index contributed by atoms with van der Waals surface area (Å²) >= 11 is 0. The highest BCUT2D eigenvalue weighted by Crippen LogP contribution is 2.27. The van der Waals surface area contributed by atoms with Crippen molar-refractivity contribution in [2.75, 3.05) is 11.9 Å². The molecule has 1 N–H and O–H groups in total. The number of hydrogen-bond donors (Lipinski definition) is 1. The normalized spacial score (nSPS) is 14.4. The number of alkyl halides is 3. The number of nitrogens with zero attached hydrogens (tertiary/aromatic N) is 1.